The molecule has 2 aromatic carbocycles. The fourth-order valence-electron chi connectivity index (χ4n) is 4.81. The lowest BCUT2D eigenvalue weighted by atomic mass is 9.78. The minimum Gasteiger partial charge on any atom is -0.406 e. The molecule has 8 heteroatoms. The first-order valence-corrected chi connectivity index (χ1v) is 11.6. The third-order valence-corrected chi connectivity index (χ3v) is 6.51. The van der Waals surface area contributed by atoms with Gasteiger partial charge in [-0.05, 0) is 61.7 Å². The van der Waals surface area contributed by atoms with Gasteiger partial charge in [0, 0.05) is 22.7 Å². The largest absolute Gasteiger partial charge is 0.573 e. The summed E-state index contributed by atoms with van der Waals surface area (Å²) < 4.78 is 42.7. The monoisotopic (exact) mass is 493 g/mol. The molecule has 36 heavy (non-hydrogen) atoms. The van der Waals surface area contributed by atoms with E-state index in [9.17, 15) is 23.2 Å². The van der Waals surface area contributed by atoms with Crippen molar-refractivity contribution in [3.05, 3.63) is 89.2 Å². The molecule has 1 aliphatic heterocycles. The third kappa shape index (κ3) is 5.51. The van der Waals surface area contributed by atoms with Crippen molar-refractivity contribution in [3.8, 4) is 11.8 Å². The highest BCUT2D eigenvalue weighted by Gasteiger charge is 2.44. The number of carbonyl (C=O) groups excluding carboxylic acids is 1. The summed E-state index contributed by atoms with van der Waals surface area (Å²) in [5.74, 6) is -0.820. The second kappa shape index (κ2) is 9.65. The molecule has 0 saturated carbocycles. The molecule has 0 aliphatic carbocycles. The van der Waals surface area contributed by atoms with Crippen molar-refractivity contribution in [1.29, 1.82) is 5.26 Å². The molecule has 0 spiro atoms. The van der Waals surface area contributed by atoms with Crippen molar-refractivity contribution >= 4 is 11.6 Å². The zero-order valence-corrected chi connectivity index (χ0v) is 20.2. The van der Waals surface area contributed by atoms with Crippen LogP contribution in [0.1, 0.15) is 55.2 Å². The lowest BCUT2D eigenvalue weighted by Gasteiger charge is -2.27. The van der Waals surface area contributed by atoms with E-state index < -0.39 is 23.7 Å². The number of carbonyl (C=O) groups is 1. The molecule has 186 valence electrons. The molecule has 3 aromatic rings. The number of aryl methyl sites for hydroxylation is 1. The first-order valence-electron chi connectivity index (χ1n) is 11.6. The molecule has 1 saturated heterocycles. The molecule has 1 amide bonds. The van der Waals surface area contributed by atoms with Gasteiger partial charge in [0.15, 0.2) is 0 Å². The predicted molar refractivity (Wildman–Crippen MR) is 129 cm³/mol. The number of hydrogen-bond acceptors (Lipinski definition) is 4. The van der Waals surface area contributed by atoms with E-state index in [4.69, 9.17) is 0 Å². The number of amides is 1. The Kier molecular flexibility index (Phi) is 6.77. The van der Waals surface area contributed by atoms with Crippen LogP contribution in [0.3, 0.4) is 0 Å². The number of benzene rings is 2. The van der Waals surface area contributed by atoms with Crippen LogP contribution in [0.5, 0.6) is 5.75 Å². The Labute approximate surface area is 208 Å². The van der Waals surface area contributed by atoms with E-state index in [1.54, 1.807) is 23.1 Å². The maximum atomic E-state index is 13.8. The lowest BCUT2D eigenvalue weighted by molar-refractivity contribution is -0.274. The van der Waals surface area contributed by atoms with E-state index in [0.29, 0.717) is 35.5 Å². The van der Waals surface area contributed by atoms with Crippen LogP contribution in [0, 0.1) is 24.2 Å². The molecular formula is C28H26F3N3O2. The lowest BCUT2D eigenvalue weighted by Crippen LogP contribution is -2.32. The first kappa shape index (κ1) is 25.2. The summed E-state index contributed by atoms with van der Waals surface area (Å²) >= 11 is 0. The molecule has 0 N–H and O–H groups in total. The van der Waals surface area contributed by atoms with Gasteiger partial charge in [0.1, 0.15) is 17.5 Å². The third-order valence-electron chi connectivity index (χ3n) is 6.51. The molecule has 2 atom stereocenters. The first-order chi connectivity index (χ1) is 17.0. The van der Waals surface area contributed by atoms with Crippen molar-refractivity contribution in [2.24, 2.45) is 5.92 Å². The van der Waals surface area contributed by atoms with Crippen molar-refractivity contribution in [1.82, 2.24) is 4.98 Å². The molecular weight excluding hydrogens is 467 g/mol. The zero-order chi connectivity index (χ0) is 26.1. The van der Waals surface area contributed by atoms with Crippen molar-refractivity contribution < 1.29 is 22.7 Å². The van der Waals surface area contributed by atoms with Crippen LogP contribution in [-0.2, 0) is 10.2 Å². The Morgan fingerprint density at radius 1 is 1.08 bits per heavy atom. The van der Waals surface area contributed by atoms with Gasteiger partial charge in [-0.3, -0.25) is 4.79 Å². The second-order valence-corrected chi connectivity index (χ2v) is 9.72. The van der Waals surface area contributed by atoms with Crippen molar-refractivity contribution in [2.45, 2.75) is 51.4 Å². The van der Waals surface area contributed by atoms with Gasteiger partial charge in [0.25, 0.3) is 0 Å². The van der Waals surface area contributed by atoms with Gasteiger partial charge in [-0.2, -0.15) is 5.26 Å². The maximum Gasteiger partial charge on any atom is 0.573 e. The molecule has 1 aliphatic rings. The molecule has 1 aromatic heterocycles. The van der Waals surface area contributed by atoms with Gasteiger partial charge >= 0.3 is 6.36 Å². The Morgan fingerprint density at radius 2 is 1.78 bits per heavy atom. The number of hydrogen-bond donors (Lipinski definition) is 0. The van der Waals surface area contributed by atoms with E-state index in [1.165, 1.54) is 18.2 Å². The highest BCUT2D eigenvalue weighted by molar-refractivity contribution is 5.98. The van der Waals surface area contributed by atoms with Crippen molar-refractivity contribution in [3.63, 3.8) is 0 Å². The van der Waals surface area contributed by atoms with E-state index in [2.05, 4.69) is 9.72 Å². The molecule has 2 heterocycles. The number of nitrogens with zero attached hydrogens (tertiary/aromatic N) is 3. The van der Waals surface area contributed by atoms with E-state index >= 15 is 0 Å². The van der Waals surface area contributed by atoms with E-state index in [1.807, 2.05) is 57.2 Å². The number of ether oxygens (including phenoxy) is 1. The fourth-order valence-corrected chi connectivity index (χ4v) is 4.81. The Morgan fingerprint density at radius 3 is 2.44 bits per heavy atom. The highest BCUT2D eigenvalue weighted by atomic mass is 19.4. The zero-order valence-electron chi connectivity index (χ0n) is 20.2. The smallest absolute Gasteiger partial charge is 0.406 e. The SMILES string of the molecule is Cc1ccc(N2C(=O)[C@H](CC(C)(C)c3cccc(C#N)n3)C[C@@H]2c2cccc(OC(F)(F)F)c2)cc1. The normalized spacial score (nSPS) is 18.2. The van der Waals surface area contributed by atoms with Crippen LogP contribution in [-0.4, -0.2) is 17.3 Å². The van der Waals surface area contributed by atoms with Crippen LogP contribution >= 0.6 is 0 Å². The van der Waals surface area contributed by atoms with Gasteiger partial charge in [0.05, 0.1) is 6.04 Å². The molecule has 0 unspecified atom stereocenters. The number of nitriles is 1. The summed E-state index contributed by atoms with van der Waals surface area (Å²) in [5, 5.41) is 9.23. The quantitative estimate of drug-likeness (QED) is 0.387. The minimum atomic E-state index is -4.81. The van der Waals surface area contributed by atoms with Crippen LogP contribution in [0.25, 0.3) is 0 Å². The van der Waals surface area contributed by atoms with Crippen LogP contribution < -0.4 is 9.64 Å². The summed E-state index contributed by atoms with van der Waals surface area (Å²) in [4.78, 5) is 19.9. The fraction of sp³-hybridized carbons (Fsp3) is 0.321. The Bertz CT molecular complexity index is 1300. The average Bonchev–Trinajstić information content (AvgIpc) is 3.14. The number of rotatable bonds is 6. The molecule has 1 fully saturated rings. The maximum absolute atomic E-state index is 13.8. The summed E-state index contributed by atoms with van der Waals surface area (Å²) in [6.45, 7) is 5.90. The van der Waals surface area contributed by atoms with Crippen molar-refractivity contribution in [2.75, 3.05) is 4.90 Å². The Balaban J connectivity index is 1.69. The molecule has 0 bridgehead atoms. The van der Waals surface area contributed by atoms with Crippen LogP contribution in [0.4, 0.5) is 18.9 Å². The number of anilines is 1. The summed E-state index contributed by atoms with van der Waals surface area (Å²) in [7, 11) is 0. The van der Waals surface area contributed by atoms with E-state index in [0.717, 1.165) is 5.56 Å². The van der Waals surface area contributed by atoms with E-state index in [-0.39, 0.29) is 11.7 Å². The predicted octanol–water partition coefficient (Wildman–Crippen LogP) is 6.62. The van der Waals surface area contributed by atoms with Crippen LogP contribution in [0.15, 0.2) is 66.7 Å². The average molecular weight is 494 g/mol. The second-order valence-electron chi connectivity index (χ2n) is 9.72. The van der Waals surface area contributed by atoms with Gasteiger partial charge in [-0.1, -0.05) is 49.7 Å². The van der Waals surface area contributed by atoms with Gasteiger partial charge in [0.2, 0.25) is 5.91 Å². The summed E-state index contributed by atoms with van der Waals surface area (Å²) in [6, 6.07) is 20.1. The van der Waals surface area contributed by atoms with Crippen LogP contribution in [0.2, 0.25) is 0 Å². The summed E-state index contributed by atoms with van der Waals surface area (Å²) in [5.41, 5.74) is 2.78. The number of pyridine rings is 1. The molecule has 0 radical (unpaired) electrons. The topological polar surface area (TPSA) is 66.2 Å². The van der Waals surface area contributed by atoms with Gasteiger partial charge in [-0.25, -0.2) is 4.98 Å². The van der Waals surface area contributed by atoms with Gasteiger partial charge in [-0.15, -0.1) is 13.2 Å². The number of aromatic nitrogens is 1. The standard InChI is InChI=1S/C28H26F3N3O2/c1-18-10-12-22(13-11-18)34-24(19-6-4-8-23(14-19)36-28(29,30)31)15-20(26(34)35)16-27(2,3)25-9-5-7-21(17-32)33-25/h4-14,20,24H,15-16H2,1-3H3/t20-,24+/m0/s1. The highest BCUT2D eigenvalue weighted by Crippen LogP contribution is 2.45. The minimum absolute atomic E-state index is 0.101. The number of alkyl halides is 3. The summed E-state index contributed by atoms with van der Waals surface area (Å²) in [6.07, 6.45) is -3.92. The molecule has 5 nitrogen and oxygen atoms in total. The molecule has 4 rings (SSSR count). The Hall–Kier alpha value is -3.86. The number of halogens is 3. The van der Waals surface area contributed by atoms with Gasteiger partial charge < -0.3 is 9.64 Å².